The zero-order valence-corrected chi connectivity index (χ0v) is 10.6. The first kappa shape index (κ1) is 13.1. The second kappa shape index (κ2) is 4.90. The van der Waals surface area contributed by atoms with Crippen molar-refractivity contribution in [3.8, 4) is 11.5 Å². The van der Waals surface area contributed by atoms with Crippen molar-refractivity contribution in [1.82, 2.24) is 5.32 Å². The minimum Gasteiger partial charge on any atom is -0.395 e. The molecule has 0 bridgehead atoms. The van der Waals surface area contributed by atoms with E-state index in [0.717, 1.165) is 19.4 Å². The largest absolute Gasteiger partial charge is 0.586 e. The van der Waals surface area contributed by atoms with Gasteiger partial charge < -0.3 is 20.1 Å². The number of ether oxygens (including phenoxy) is 2. The summed E-state index contributed by atoms with van der Waals surface area (Å²) in [5.41, 5.74) is 0.410. The predicted molar refractivity (Wildman–Crippen MR) is 66.9 cm³/mol. The van der Waals surface area contributed by atoms with Crippen molar-refractivity contribution in [1.29, 1.82) is 0 Å². The zero-order valence-electron chi connectivity index (χ0n) is 10.6. The first-order chi connectivity index (χ1) is 9.52. The molecule has 1 atom stereocenters. The van der Waals surface area contributed by atoms with Crippen molar-refractivity contribution in [2.45, 2.75) is 31.6 Å². The molecule has 0 aliphatic carbocycles. The normalized spacial score (nSPS) is 22.8. The number of hydrogen-bond donors (Lipinski definition) is 2. The summed E-state index contributed by atoms with van der Waals surface area (Å²) >= 11 is 0. The van der Waals surface area contributed by atoms with Crippen LogP contribution in [0.1, 0.15) is 19.3 Å². The number of halogens is 2. The lowest BCUT2D eigenvalue weighted by Gasteiger charge is -2.10. The molecule has 3 rings (SSSR count). The average molecular weight is 284 g/mol. The lowest BCUT2D eigenvalue weighted by Crippen LogP contribution is -2.27. The van der Waals surface area contributed by atoms with Crippen molar-refractivity contribution in [2.24, 2.45) is 0 Å². The van der Waals surface area contributed by atoms with Crippen molar-refractivity contribution in [2.75, 3.05) is 11.9 Å². The molecule has 0 radical (unpaired) electrons. The quantitative estimate of drug-likeness (QED) is 0.892. The summed E-state index contributed by atoms with van der Waals surface area (Å²) in [7, 11) is 0. The maximum absolute atomic E-state index is 12.9. The number of amides is 1. The van der Waals surface area contributed by atoms with E-state index in [1.807, 2.05) is 0 Å². The van der Waals surface area contributed by atoms with Crippen molar-refractivity contribution < 1.29 is 23.0 Å². The Balaban J connectivity index is 1.62. The van der Waals surface area contributed by atoms with Crippen LogP contribution in [0.4, 0.5) is 14.5 Å². The van der Waals surface area contributed by atoms with Gasteiger partial charge in [-0.15, -0.1) is 8.78 Å². The van der Waals surface area contributed by atoms with Gasteiger partial charge in [0.05, 0.1) is 0 Å². The number of carbonyl (C=O) groups is 1. The fraction of sp³-hybridized carbons (Fsp3) is 0.462. The van der Waals surface area contributed by atoms with E-state index in [1.54, 1.807) is 0 Å². The Labute approximate surface area is 114 Å². The van der Waals surface area contributed by atoms with E-state index in [4.69, 9.17) is 0 Å². The van der Waals surface area contributed by atoms with E-state index in [9.17, 15) is 13.6 Å². The Kier molecular flexibility index (Phi) is 3.21. The fourth-order valence-electron chi connectivity index (χ4n) is 2.39. The topological polar surface area (TPSA) is 59.6 Å². The molecular weight excluding hydrogens is 270 g/mol. The molecule has 1 aromatic rings. The number of benzene rings is 1. The highest BCUT2D eigenvalue weighted by Gasteiger charge is 2.43. The summed E-state index contributed by atoms with van der Waals surface area (Å²) in [5, 5.41) is 5.89. The Bertz CT molecular complexity index is 530. The van der Waals surface area contributed by atoms with Gasteiger partial charge in [0.25, 0.3) is 0 Å². The highest BCUT2D eigenvalue weighted by molar-refractivity contribution is 5.91. The lowest BCUT2D eigenvalue weighted by atomic mass is 10.1. The number of hydrogen-bond acceptors (Lipinski definition) is 4. The molecule has 20 heavy (non-hydrogen) atoms. The molecule has 2 N–H and O–H groups in total. The van der Waals surface area contributed by atoms with Crippen molar-refractivity contribution in [3.63, 3.8) is 0 Å². The number of alkyl halides is 2. The number of nitrogens with one attached hydrogen (secondary N) is 2. The fourth-order valence-corrected chi connectivity index (χ4v) is 2.39. The number of rotatable bonds is 3. The van der Waals surface area contributed by atoms with E-state index >= 15 is 0 Å². The Morgan fingerprint density at radius 3 is 2.95 bits per heavy atom. The van der Waals surface area contributed by atoms with Crippen LogP contribution in [-0.4, -0.2) is 24.8 Å². The molecule has 1 fully saturated rings. The van der Waals surface area contributed by atoms with E-state index < -0.39 is 6.29 Å². The third kappa shape index (κ3) is 2.82. The third-order valence-corrected chi connectivity index (χ3v) is 3.28. The summed E-state index contributed by atoms with van der Waals surface area (Å²) in [5.74, 6) is -0.271. The summed E-state index contributed by atoms with van der Waals surface area (Å²) in [6, 6.07) is 4.37. The molecule has 5 nitrogen and oxygen atoms in total. The molecule has 0 saturated carbocycles. The SMILES string of the molecule is O=C(CC1CCCN1)Nc1ccc2c(c1)OC(F)(F)O2. The summed E-state index contributed by atoms with van der Waals surface area (Å²) < 4.78 is 34.3. The predicted octanol–water partition coefficient (Wildman–Crippen LogP) is 2.09. The monoisotopic (exact) mass is 284 g/mol. The minimum absolute atomic E-state index is 0.0366. The summed E-state index contributed by atoms with van der Waals surface area (Å²) in [6.07, 6.45) is -1.23. The van der Waals surface area contributed by atoms with E-state index in [1.165, 1.54) is 18.2 Å². The molecule has 2 heterocycles. The maximum atomic E-state index is 12.9. The lowest BCUT2D eigenvalue weighted by molar-refractivity contribution is -0.286. The van der Waals surface area contributed by atoms with E-state index in [-0.39, 0.29) is 23.4 Å². The van der Waals surface area contributed by atoms with Crippen LogP contribution in [0.25, 0.3) is 0 Å². The van der Waals surface area contributed by atoms with Crippen LogP contribution in [0.5, 0.6) is 11.5 Å². The van der Waals surface area contributed by atoms with Crippen LogP contribution in [-0.2, 0) is 4.79 Å². The standard InChI is InChI=1S/C13H14F2N2O3/c14-13(15)19-10-4-3-9(6-11(10)20-13)17-12(18)7-8-2-1-5-16-8/h3-4,6,8,16H,1-2,5,7H2,(H,17,18). The number of carbonyl (C=O) groups excluding carboxylic acids is 1. The Hall–Kier alpha value is -1.89. The first-order valence-electron chi connectivity index (χ1n) is 6.45. The molecule has 1 saturated heterocycles. The van der Waals surface area contributed by atoms with Gasteiger partial charge in [0.1, 0.15) is 0 Å². The van der Waals surface area contributed by atoms with Crippen LogP contribution in [0.3, 0.4) is 0 Å². The van der Waals surface area contributed by atoms with Gasteiger partial charge in [0.2, 0.25) is 5.91 Å². The molecule has 1 unspecified atom stereocenters. The molecule has 1 aromatic carbocycles. The molecule has 0 spiro atoms. The highest BCUT2D eigenvalue weighted by atomic mass is 19.3. The first-order valence-corrected chi connectivity index (χ1v) is 6.45. The van der Waals surface area contributed by atoms with Gasteiger partial charge in [-0.2, -0.15) is 0 Å². The second-order valence-corrected chi connectivity index (χ2v) is 4.87. The van der Waals surface area contributed by atoms with Crippen molar-refractivity contribution >= 4 is 11.6 Å². The molecule has 7 heteroatoms. The average Bonchev–Trinajstić information content (AvgIpc) is 2.94. The van der Waals surface area contributed by atoms with Crippen LogP contribution in [0, 0.1) is 0 Å². The van der Waals surface area contributed by atoms with Gasteiger partial charge in [0, 0.05) is 24.2 Å². The van der Waals surface area contributed by atoms with Crippen LogP contribution >= 0.6 is 0 Å². The van der Waals surface area contributed by atoms with E-state index in [2.05, 4.69) is 20.1 Å². The molecule has 1 amide bonds. The second-order valence-electron chi connectivity index (χ2n) is 4.87. The third-order valence-electron chi connectivity index (χ3n) is 3.28. The molecular formula is C13H14F2N2O3. The smallest absolute Gasteiger partial charge is 0.395 e. The highest BCUT2D eigenvalue weighted by Crippen LogP contribution is 2.42. The van der Waals surface area contributed by atoms with Gasteiger partial charge in [-0.1, -0.05) is 0 Å². The summed E-state index contributed by atoms with van der Waals surface area (Å²) in [4.78, 5) is 11.8. The molecule has 2 aliphatic rings. The minimum atomic E-state index is -3.64. The van der Waals surface area contributed by atoms with Crippen LogP contribution in [0.15, 0.2) is 18.2 Å². The van der Waals surface area contributed by atoms with Gasteiger partial charge in [-0.05, 0) is 31.5 Å². The van der Waals surface area contributed by atoms with Gasteiger partial charge in [0.15, 0.2) is 11.5 Å². The van der Waals surface area contributed by atoms with Gasteiger partial charge in [-0.25, -0.2) is 0 Å². The maximum Gasteiger partial charge on any atom is 0.586 e. The Morgan fingerprint density at radius 1 is 1.40 bits per heavy atom. The van der Waals surface area contributed by atoms with Crippen LogP contribution in [0.2, 0.25) is 0 Å². The summed E-state index contributed by atoms with van der Waals surface area (Å²) in [6.45, 7) is 0.928. The van der Waals surface area contributed by atoms with Gasteiger partial charge >= 0.3 is 6.29 Å². The van der Waals surface area contributed by atoms with E-state index in [0.29, 0.717) is 12.1 Å². The van der Waals surface area contributed by atoms with Crippen molar-refractivity contribution in [3.05, 3.63) is 18.2 Å². The number of anilines is 1. The van der Waals surface area contributed by atoms with Crippen LogP contribution < -0.4 is 20.1 Å². The molecule has 2 aliphatic heterocycles. The molecule has 108 valence electrons. The zero-order chi connectivity index (χ0) is 14.2. The Morgan fingerprint density at radius 2 is 2.20 bits per heavy atom. The molecule has 0 aromatic heterocycles. The van der Waals surface area contributed by atoms with Gasteiger partial charge in [-0.3, -0.25) is 4.79 Å². The number of fused-ring (bicyclic) bond motifs is 1.